The molecule has 0 atom stereocenters. The Hall–Kier alpha value is -1.65. The van der Waals surface area contributed by atoms with Crippen LogP contribution in [0.3, 0.4) is 0 Å². The number of aliphatic hydroxyl groups excluding tert-OH is 1. The van der Waals surface area contributed by atoms with Crippen LogP contribution >= 0.6 is 0 Å². The molecule has 0 aliphatic carbocycles. The van der Waals surface area contributed by atoms with Gasteiger partial charge in [0.2, 0.25) is 0 Å². The van der Waals surface area contributed by atoms with E-state index in [-0.39, 0.29) is 12.2 Å². The van der Waals surface area contributed by atoms with Gasteiger partial charge in [-0.05, 0) is 57.0 Å². The van der Waals surface area contributed by atoms with E-state index in [0.717, 1.165) is 48.9 Å². The van der Waals surface area contributed by atoms with E-state index in [1.165, 1.54) is 0 Å². The van der Waals surface area contributed by atoms with E-state index in [4.69, 9.17) is 9.52 Å². The summed E-state index contributed by atoms with van der Waals surface area (Å²) in [5.74, 6) is 0. The van der Waals surface area contributed by atoms with Crippen LogP contribution in [0.2, 0.25) is 0 Å². The zero-order valence-electron chi connectivity index (χ0n) is 12.8. The topological polar surface area (TPSA) is 53.7 Å². The van der Waals surface area contributed by atoms with Crippen LogP contribution < -0.4 is 5.63 Å². The molecule has 1 N–H and O–H groups in total. The van der Waals surface area contributed by atoms with Gasteiger partial charge in [0, 0.05) is 24.6 Å². The van der Waals surface area contributed by atoms with Crippen molar-refractivity contribution >= 4 is 11.0 Å². The lowest BCUT2D eigenvalue weighted by atomic mass is 10.1. The molecule has 0 aliphatic heterocycles. The average Bonchev–Trinajstić information content (AvgIpc) is 2.43. The van der Waals surface area contributed by atoms with Gasteiger partial charge in [0.15, 0.2) is 0 Å². The minimum atomic E-state index is -0.295. The molecule has 21 heavy (non-hydrogen) atoms. The smallest absolute Gasteiger partial charge is 0.336 e. The van der Waals surface area contributed by atoms with Crippen molar-refractivity contribution < 1.29 is 9.52 Å². The first-order chi connectivity index (χ1) is 10.1. The molecule has 1 heterocycles. The maximum absolute atomic E-state index is 11.7. The number of unbranched alkanes of at least 4 members (excludes halogenated alkanes) is 2. The summed E-state index contributed by atoms with van der Waals surface area (Å²) < 4.78 is 5.28. The minimum absolute atomic E-state index is 0.257. The first-order valence-electron chi connectivity index (χ1n) is 7.43. The summed E-state index contributed by atoms with van der Waals surface area (Å²) in [4.78, 5) is 13.9. The van der Waals surface area contributed by atoms with Crippen molar-refractivity contribution in [3.8, 4) is 0 Å². The molecule has 0 spiro atoms. The maximum Gasteiger partial charge on any atom is 0.336 e. The minimum Gasteiger partial charge on any atom is -0.423 e. The summed E-state index contributed by atoms with van der Waals surface area (Å²) in [6.07, 6.45) is 2.93. The number of rotatable bonds is 7. The van der Waals surface area contributed by atoms with E-state index < -0.39 is 0 Å². The molecular formula is C17H23NO3. The van der Waals surface area contributed by atoms with Gasteiger partial charge < -0.3 is 14.4 Å². The predicted octanol–water partition coefficient (Wildman–Crippen LogP) is 2.70. The predicted molar refractivity (Wildman–Crippen MR) is 84.5 cm³/mol. The molecular weight excluding hydrogens is 266 g/mol. The van der Waals surface area contributed by atoms with Crippen LogP contribution in [-0.4, -0.2) is 30.2 Å². The summed E-state index contributed by atoms with van der Waals surface area (Å²) >= 11 is 0. The van der Waals surface area contributed by atoms with E-state index in [0.29, 0.717) is 5.58 Å². The summed E-state index contributed by atoms with van der Waals surface area (Å²) in [5, 5.41) is 9.78. The van der Waals surface area contributed by atoms with Gasteiger partial charge in [-0.3, -0.25) is 0 Å². The highest BCUT2D eigenvalue weighted by Gasteiger charge is 2.08. The molecule has 1 aromatic heterocycles. The molecule has 4 heteroatoms. The van der Waals surface area contributed by atoms with Crippen LogP contribution in [0.4, 0.5) is 0 Å². The fourth-order valence-electron chi connectivity index (χ4n) is 2.51. The van der Waals surface area contributed by atoms with Gasteiger partial charge in [-0.2, -0.15) is 0 Å². The van der Waals surface area contributed by atoms with E-state index in [2.05, 4.69) is 4.90 Å². The van der Waals surface area contributed by atoms with Crippen molar-refractivity contribution in [1.82, 2.24) is 4.90 Å². The van der Waals surface area contributed by atoms with Crippen LogP contribution in [0.5, 0.6) is 0 Å². The van der Waals surface area contributed by atoms with E-state index >= 15 is 0 Å². The van der Waals surface area contributed by atoms with Crippen molar-refractivity contribution in [1.29, 1.82) is 0 Å². The molecule has 114 valence electrons. The molecule has 0 saturated heterocycles. The molecule has 1 aromatic carbocycles. The zero-order chi connectivity index (χ0) is 15.2. The molecule has 0 saturated carbocycles. The molecule has 0 radical (unpaired) electrons. The van der Waals surface area contributed by atoms with Gasteiger partial charge in [0.25, 0.3) is 0 Å². The Labute approximate surface area is 125 Å². The standard InChI is InChI=1S/C17H23NO3/c1-13-6-7-15-14(11-17(20)21-16(15)10-13)12-18(2)8-4-3-5-9-19/h6-7,10-11,19H,3-5,8-9,12H2,1-2H3. The highest BCUT2D eigenvalue weighted by Crippen LogP contribution is 2.19. The molecule has 0 amide bonds. The third-order valence-electron chi connectivity index (χ3n) is 3.62. The third-order valence-corrected chi connectivity index (χ3v) is 3.62. The van der Waals surface area contributed by atoms with Gasteiger partial charge >= 0.3 is 5.63 Å². The number of fused-ring (bicyclic) bond motifs is 1. The van der Waals surface area contributed by atoms with Crippen molar-refractivity contribution in [3.63, 3.8) is 0 Å². The van der Waals surface area contributed by atoms with Crippen LogP contribution in [0.15, 0.2) is 33.5 Å². The Kier molecular flexibility index (Phi) is 5.53. The molecule has 4 nitrogen and oxygen atoms in total. The van der Waals surface area contributed by atoms with Crippen LogP contribution in [0, 0.1) is 6.92 Å². The first-order valence-corrected chi connectivity index (χ1v) is 7.43. The van der Waals surface area contributed by atoms with Crippen LogP contribution in [0.1, 0.15) is 30.4 Å². The second-order valence-electron chi connectivity index (χ2n) is 5.61. The fourth-order valence-corrected chi connectivity index (χ4v) is 2.51. The molecule has 0 bridgehead atoms. The first kappa shape index (κ1) is 15.7. The lowest BCUT2D eigenvalue weighted by Crippen LogP contribution is -2.20. The van der Waals surface area contributed by atoms with Gasteiger partial charge in [-0.1, -0.05) is 12.1 Å². The second-order valence-corrected chi connectivity index (χ2v) is 5.61. The van der Waals surface area contributed by atoms with Crippen molar-refractivity contribution in [2.45, 2.75) is 32.7 Å². The fraction of sp³-hybridized carbons (Fsp3) is 0.471. The summed E-state index contributed by atoms with van der Waals surface area (Å²) in [6.45, 7) is 3.92. The Morgan fingerprint density at radius 2 is 2.00 bits per heavy atom. The molecule has 2 aromatic rings. The number of benzene rings is 1. The Morgan fingerprint density at radius 3 is 2.76 bits per heavy atom. The summed E-state index contributed by atoms with van der Waals surface area (Å²) in [7, 11) is 2.05. The SMILES string of the molecule is Cc1ccc2c(CN(C)CCCCCO)cc(=O)oc2c1. The number of hydrogen-bond acceptors (Lipinski definition) is 4. The molecule has 0 unspecified atom stereocenters. The van der Waals surface area contributed by atoms with Gasteiger partial charge in [-0.25, -0.2) is 4.79 Å². The number of nitrogens with zero attached hydrogens (tertiary/aromatic N) is 1. The quantitative estimate of drug-likeness (QED) is 0.629. The highest BCUT2D eigenvalue weighted by molar-refractivity contribution is 5.80. The third kappa shape index (κ3) is 4.41. The van der Waals surface area contributed by atoms with Gasteiger partial charge in [-0.15, -0.1) is 0 Å². The molecule has 0 fully saturated rings. The van der Waals surface area contributed by atoms with E-state index in [1.54, 1.807) is 6.07 Å². The van der Waals surface area contributed by atoms with E-state index in [1.807, 2.05) is 32.2 Å². The second kappa shape index (κ2) is 7.38. The molecule has 2 rings (SSSR count). The van der Waals surface area contributed by atoms with Gasteiger partial charge in [0.05, 0.1) is 0 Å². The zero-order valence-corrected chi connectivity index (χ0v) is 12.8. The van der Waals surface area contributed by atoms with Crippen molar-refractivity contribution in [2.75, 3.05) is 20.2 Å². The lowest BCUT2D eigenvalue weighted by Gasteiger charge is -2.17. The van der Waals surface area contributed by atoms with E-state index in [9.17, 15) is 4.79 Å². The Morgan fingerprint density at radius 1 is 1.19 bits per heavy atom. The van der Waals surface area contributed by atoms with Crippen molar-refractivity contribution in [3.05, 3.63) is 45.8 Å². The number of aliphatic hydroxyl groups is 1. The normalized spacial score (nSPS) is 11.4. The molecule has 0 aliphatic rings. The lowest BCUT2D eigenvalue weighted by molar-refractivity contribution is 0.271. The van der Waals surface area contributed by atoms with Crippen LogP contribution in [0.25, 0.3) is 11.0 Å². The van der Waals surface area contributed by atoms with Gasteiger partial charge in [0.1, 0.15) is 5.58 Å². The maximum atomic E-state index is 11.7. The highest BCUT2D eigenvalue weighted by atomic mass is 16.4. The number of aryl methyl sites for hydroxylation is 1. The Balaban J connectivity index is 2.12. The Bertz CT molecular complexity index is 648. The average molecular weight is 289 g/mol. The summed E-state index contributed by atoms with van der Waals surface area (Å²) in [5.41, 5.74) is 2.45. The summed E-state index contributed by atoms with van der Waals surface area (Å²) in [6, 6.07) is 7.54. The largest absolute Gasteiger partial charge is 0.423 e. The van der Waals surface area contributed by atoms with Crippen molar-refractivity contribution in [2.24, 2.45) is 0 Å². The van der Waals surface area contributed by atoms with Crippen LogP contribution in [-0.2, 0) is 6.54 Å². The monoisotopic (exact) mass is 289 g/mol. The number of hydrogen-bond donors (Lipinski definition) is 1.